The van der Waals surface area contributed by atoms with E-state index in [0.29, 0.717) is 5.69 Å². The van der Waals surface area contributed by atoms with Gasteiger partial charge in [0.1, 0.15) is 5.75 Å². The molecule has 2 aromatic rings. The largest absolute Gasteiger partial charge is 0.491 e. The van der Waals surface area contributed by atoms with Crippen LogP contribution in [0.5, 0.6) is 5.75 Å². The van der Waals surface area contributed by atoms with Crippen molar-refractivity contribution in [2.45, 2.75) is 26.2 Å². The van der Waals surface area contributed by atoms with Gasteiger partial charge in [-0.3, -0.25) is 0 Å². The Bertz CT molecular complexity index is 483. The number of aromatic nitrogens is 1. The van der Waals surface area contributed by atoms with Gasteiger partial charge in [0.25, 0.3) is 0 Å². The van der Waals surface area contributed by atoms with E-state index in [1.165, 1.54) is 5.56 Å². The molecule has 1 heterocycles. The zero-order valence-electron chi connectivity index (χ0n) is 10.6. The molecule has 0 aliphatic heterocycles. The number of unbranched alkanes of at least 4 members (excludes halogenated alkanes) is 1. The van der Waals surface area contributed by atoms with Crippen molar-refractivity contribution in [2.75, 3.05) is 12.3 Å². The number of anilines is 1. The van der Waals surface area contributed by atoms with Crippen LogP contribution in [0, 0.1) is 0 Å². The zero-order valence-corrected chi connectivity index (χ0v) is 11.4. The number of nitrogens with two attached hydrogens (primary N) is 1. The van der Waals surface area contributed by atoms with Gasteiger partial charge in [-0.25, -0.2) is 4.98 Å². The van der Waals surface area contributed by atoms with E-state index < -0.39 is 0 Å². The summed E-state index contributed by atoms with van der Waals surface area (Å²) in [6, 6.07) is 5.98. The Balaban J connectivity index is 2.00. The molecule has 1 aromatic heterocycles. The van der Waals surface area contributed by atoms with E-state index in [-0.39, 0.29) is 0 Å². The van der Waals surface area contributed by atoms with E-state index in [4.69, 9.17) is 10.5 Å². The molecular formula is C14H18N2OS. The highest BCUT2D eigenvalue weighted by atomic mass is 32.1. The van der Waals surface area contributed by atoms with Gasteiger partial charge in [-0.2, -0.15) is 0 Å². The minimum absolute atomic E-state index is 0.708. The number of benzene rings is 1. The van der Waals surface area contributed by atoms with Gasteiger partial charge in [0.15, 0.2) is 0 Å². The van der Waals surface area contributed by atoms with Crippen LogP contribution >= 0.6 is 11.3 Å². The van der Waals surface area contributed by atoms with E-state index in [2.05, 4.69) is 18.0 Å². The number of nitrogens with zero attached hydrogens (tertiary/aromatic N) is 1. The van der Waals surface area contributed by atoms with Gasteiger partial charge in [0.05, 0.1) is 17.3 Å². The first-order valence-electron chi connectivity index (χ1n) is 6.19. The molecule has 3 nitrogen and oxygen atoms in total. The van der Waals surface area contributed by atoms with Gasteiger partial charge < -0.3 is 10.5 Å². The first-order valence-corrected chi connectivity index (χ1v) is 7.07. The van der Waals surface area contributed by atoms with Crippen molar-refractivity contribution in [2.24, 2.45) is 0 Å². The third-order valence-corrected chi connectivity index (χ3v) is 3.45. The summed E-state index contributed by atoms with van der Waals surface area (Å²) in [5.41, 5.74) is 7.87. The number of ether oxygens (including phenoxy) is 1. The van der Waals surface area contributed by atoms with Crippen LogP contribution in [-0.4, -0.2) is 11.6 Å². The molecular weight excluding hydrogens is 244 g/mol. The topological polar surface area (TPSA) is 48.1 Å². The number of hydrogen-bond acceptors (Lipinski definition) is 4. The maximum Gasteiger partial charge on any atom is 0.142 e. The third kappa shape index (κ3) is 3.47. The summed E-state index contributed by atoms with van der Waals surface area (Å²) >= 11 is 1.66. The number of nitrogen functional groups attached to an aromatic ring is 1. The second-order valence-electron chi connectivity index (χ2n) is 4.18. The molecule has 0 amide bonds. The summed E-state index contributed by atoms with van der Waals surface area (Å²) in [6.07, 6.45) is 4.84. The maximum absolute atomic E-state index is 5.99. The lowest BCUT2D eigenvalue weighted by atomic mass is 10.1. The van der Waals surface area contributed by atoms with Gasteiger partial charge >= 0.3 is 0 Å². The molecule has 0 unspecified atom stereocenters. The van der Waals surface area contributed by atoms with Gasteiger partial charge in [0.2, 0.25) is 0 Å². The van der Waals surface area contributed by atoms with Crippen molar-refractivity contribution >= 4 is 17.0 Å². The molecule has 0 radical (unpaired) electrons. The Labute approximate surface area is 112 Å². The van der Waals surface area contributed by atoms with Crippen LogP contribution in [0.2, 0.25) is 0 Å². The van der Waals surface area contributed by atoms with Crippen LogP contribution in [0.1, 0.15) is 30.3 Å². The van der Waals surface area contributed by atoms with Crippen LogP contribution in [0.25, 0.3) is 0 Å². The smallest absolute Gasteiger partial charge is 0.142 e. The van der Waals surface area contributed by atoms with Gasteiger partial charge in [-0.05, 0) is 24.1 Å². The Morgan fingerprint density at radius 2 is 2.28 bits per heavy atom. The van der Waals surface area contributed by atoms with E-state index in [9.17, 15) is 0 Å². The Morgan fingerprint density at radius 1 is 1.39 bits per heavy atom. The minimum atomic E-state index is 0.708. The molecule has 0 aliphatic carbocycles. The van der Waals surface area contributed by atoms with Crippen LogP contribution in [-0.2, 0) is 6.42 Å². The fraction of sp³-hybridized carbons (Fsp3) is 0.357. The molecule has 18 heavy (non-hydrogen) atoms. The van der Waals surface area contributed by atoms with Crippen molar-refractivity contribution in [1.29, 1.82) is 0 Å². The quantitative estimate of drug-likeness (QED) is 0.640. The number of thiazole rings is 1. The van der Waals surface area contributed by atoms with Crippen LogP contribution < -0.4 is 10.5 Å². The molecule has 0 saturated heterocycles. The van der Waals surface area contributed by atoms with Crippen LogP contribution in [0.4, 0.5) is 5.69 Å². The van der Waals surface area contributed by atoms with Crippen LogP contribution in [0.15, 0.2) is 29.8 Å². The highest BCUT2D eigenvalue weighted by Crippen LogP contribution is 2.24. The molecule has 1 aromatic carbocycles. The number of hydrogen-bond donors (Lipinski definition) is 1. The van der Waals surface area contributed by atoms with Crippen molar-refractivity contribution in [1.82, 2.24) is 4.98 Å². The lowest BCUT2D eigenvalue weighted by Crippen LogP contribution is -2.00. The summed E-state index contributed by atoms with van der Waals surface area (Å²) in [6.45, 7) is 2.87. The highest BCUT2D eigenvalue weighted by molar-refractivity contribution is 7.09. The first-order chi connectivity index (χ1) is 8.79. The van der Waals surface area contributed by atoms with Gasteiger partial charge in [-0.1, -0.05) is 19.4 Å². The van der Waals surface area contributed by atoms with Gasteiger partial charge in [0, 0.05) is 18.0 Å². The third-order valence-electron chi connectivity index (χ3n) is 2.67. The lowest BCUT2D eigenvalue weighted by molar-refractivity contribution is 0.311. The summed E-state index contributed by atoms with van der Waals surface area (Å²) < 4.78 is 5.63. The molecule has 0 atom stereocenters. The Morgan fingerprint density at radius 3 is 2.94 bits per heavy atom. The predicted octanol–water partition coefficient (Wildman–Crippen LogP) is 3.50. The normalized spacial score (nSPS) is 10.5. The van der Waals surface area contributed by atoms with E-state index in [1.54, 1.807) is 11.3 Å². The van der Waals surface area contributed by atoms with Crippen molar-refractivity contribution < 1.29 is 4.74 Å². The lowest BCUT2D eigenvalue weighted by Gasteiger charge is -2.09. The fourth-order valence-electron chi connectivity index (χ4n) is 1.68. The monoisotopic (exact) mass is 262 g/mol. The molecule has 0 saturated carbocycles. The minimum Gasteiger partial charge on any atom is -0.491 e. The Kier molecular flexibility index (Phi) is 4.59. The standard InChI is InChI=1S/C14H18N2OS/c1-2-3-7-17-13-5-4-11(9-12(13)15)10-14-16-6-8-18-14/h4-6,8-9H,2-3,7,10,15H2,1H3. The summed E-state index contributed by atoms with van der Waals surface area (Å²) in [5.74, 6) is 0.784. The SMILES string of the molecule is CCCCOc1ccc(Cc2nccs2)cc1N. The summed E-state index contributed by atoms with van der Waals surface area (Å²) in [4.78, 5) is 4.27. The molecule has 0 spiro atoms. The van der Waals surface area contributed by atoms with E-state index in [0.717, 1.165) is 36.6 Å². The molecule has 0 aliphatic rings. The fourth-order valence-corrected chi connectivity index (χ4v) is 2.33. The average Bonchev–Trinajstić information content (AvgIpc) is 2.85. The average molecular weight is 262 g/mol. The van der Waals surface area contributed by atoms with E-state index in [1.807, 2.05) is 23.7 Å². The molecule has 0 fully saturated rings. The van der Waals surface area contributed by atoms with Crippen molar-refractivity contribution in [3.05, 3.63) is 40.3 Å². The van der Waals surface area contributed by atoms with E-state index >= 15 is 0 Å². The summed E-state index contributed by atoms with van der Waals surface area (Å²) in [7, 11) is 0. The second kappa shape index (κ2) is 6.40. The molecule has 96 valence electrons. The first kappa shape index (κ1) is 12.9. The molecule has 2 N–H and O–H groups in total. The molecule has 0 bridgehead atoms. The predicted molar refractivity (Wildman–Crippen MR) is 76.2 cm³/mol. The summed E-state index contributed by atoms with van der Waals surface area (Å²) in [5, 5.41) is 3.09. The maximum atomic E-state index is 5.99. The van der Waals surface area contributed by atoms with Crippen LogP contribution in [0.3, 0.4) is 0 Å². The Hall–Kier alpha value is -1.55. The molecule has 2 rings (SSSR count). The van der Waals surface area contributed by atoms with Crippen molar-refractivity contribution in [3.8, 4) is 5.75 Å². The molecule has 4 heteroatoms. The van der Waals surface area contributed by atoms with Gasteiger partial charge in [-0.15, -0.1) is 11.3 Å². The zero-order chi connectivity index (χ0) is 12.8. The highest BCUT2D eigenvalue weighted by Gasteiger charge is 2.04. The second-order valence-corrected chi connectivity index (χ2v) is 5.16. The van der Waals surface area contributed by atoms with Crippen molar-refractivity contribution in [3.63, 3.8) is 0 Å². The number of rotatable bonds is 6.